The molecule has 0 aliphatic carbocycles. The van der Waals surface area contributed by atoms with Gasteiger partial charge >= 0.3 is 12.0 Å². The third-order valence-corrected chi connectivity index (χ3v) is 7.07. The second-order valence-electron chi connectivity index (χ2n) is 9.63. The Morgan fingerprint density at radius 3 is 2.59 bits per heavy atom. The third kappa shape index (κ3) is 5.41. The fourth-order valence-electron chi connectivity index (χ4n) is 5.19. The number of likely N-dealkylation sites (N-methyl/N-ethyl adjacent to an activating group) is 1. The Kier molecular flexibility index (Phi) is 8.02. The average molecular weight is 509 g/mol. The summed E-state index contributed by atoms with van der Waals surface area (Å²) >= 11 is 0. The van der Waals surface area contributed by atoms with Crippen LogP contribution >= 0.6 is 0 Å². The molecule has 1 aromatic heterocycles. The Morgan fingerprint density at radius 2 is 1.95 bits per heavy atom. The molecule has 2 atom stereocenters. The molecule has 1 saturated heterocycles. The van der Waals surface area contributed by atoms with Gasteiger partial charge in [-0.05, 0) is 57.9 Å². The number of benzene rings is 1. The van der Waals surface area contributed by atoms with Crippen LogP contribution in [0.15, 0.2) is 52.3 Å². The first kappa shape index (κ1) is 26.5. The van der Waals surface area contributed by atoms with E-state index >= 15 is 0 Å². The fraction of sp³-hybridized carbons (Fsp3) is 0.464. The number of esters is 1. The number of ether oxygens (including phenoxy) is 1. The molecule has 9 heteroatoms. The lowest BCUT2D eigenvalue weighted by Gasteiger charge is -2.42. The quantitative estimate of drug-likeness (QED) is 0.574. The normalized spacial score (nSPS) is 20.7. The summed E-state index contributed by atoms with van der Waals surface area (Å²) in [4.78, 5) is 45.1. The molecule has 1 N–H and O–H groups in total. The Hall–Kier alpha value is -3.59. The van der Waals surface area contributed by atoms with Gasteiger partial charge in [-0.15, -0.1) is 0 Å². The van der Waals surface area contributed by atoms with E-state index < -0.39 is 12.0 Å². The monoisotopic (exact) mass is 508 g/mol. The maximum absolute atomic E-state index is 13.4. The molecule has 37 heavy (non-hydrogen) atoms. The van der Waals surface area contributed by atoms with Crippen molar-refractivity contribution in [2.75, 3.05) is 39.3 Å². The number of nitrogens with zero attached hydrogens (tertiary/aromatic N) is 3. The SMILES string of the molecule is CCOC(=O)C1=C(CN2CCN(C(=O)c3ccco3)C(C)C2)N(CC)C(=O)NC1c1cc(C)ccc1C. The van der Waals surface area contributed by atoms with Gasteiger partial charge < -0.3 is 19.4 Å². The van der Waals surface area contributed by atoms with Gasteiger partial charge in [0, 0.05) is 44.5 Å². The standard InChI is InChI=1S/C28H36N4O5/c1-6-31-22(17-30-12-13-32(20(5)16-30)26(33)23-9-8-14-37-23)24(27(34)36-7-2)25(29-28(31)35)21-15-18(3)10-11-19(21)4/h8-11,14-15,20,25H,6-7,12-13,16-17H2,1-5H3,(H,29,35). The minimum atomic E-state index is -0.608. The lowest BCUT2D eigenvalue weighted by atomic mass is 9.90. The summed E-state index contributed by atoms with van der Waals surface area (Å²) in [5, 5.41) is 3.05. The smallest absolute Gasteiger partial charge is 0.338 e. The van der Waals surface area contributed by atoms with Crippen molar-refractivity contribution in [2.45, 2.75) is 46.7 Å². The molecule has 2 aliphatic rings. The van der Waals surface area contributed by atoms with Crippen LogP contribution in [-0.2, 0) is 9.53 Å². The molecule has 0 spiro atoms. The summed E-state index contributed by atoms with van der Waals surface area (Å²) in [6.45, 7) is 12.4. The summed E-state index contributed by atoms with van der Waals surface area (Å²) in [5.74, 6) is -0.239. The maximum atomic E-state index is 13.4. The second-order valence-corrected chi connectivity index (χ2v) is 9.63. The molecule has 0 bridgehead atoms. The number of carbonyl (C=O) groups excluding carboxylic acids is 3. The molecule has 3 amide bonds. The molecule has 0 radical (unpaired) electrons. The number of aryl methyl sites for hydroxylation is 2. The molecule has 2 aliphatic heterocycles. The minimum absolute atomic E-state index is 0.0692. The number of hydrogen-bond acceptors (Lipinski definition) is 6. The molecule has 2 unspecified atom stereocenters. The number of urea groups is 1. The van der Waals surface area contributed by atoms with Gasteiger partial charge in [-0.1, -0.05) is 23.8 Å². The topological polar surface area (TPSA) is 95.3 Å². The number of nitrogens with one attached hydrogen (secondary N) is 1. The highest BCUT2D eigenvalue weighted by Crippen LogP contribution is 2.34. The Balaban J connectivity index is 1.67. The molecule has 1 aromatic carbocycles. The molecule has 2 aromatic rings. The van der Waals surface area contributed by atoms with E-state index in [0.717, 1.165) is 16.7 Å². The van der Waals surface area contributed by atoms with Crippen molar-refractivity contribution in [2.24, 2.45) is 0 Å². The molecule has 1 fully saturated rings. The van der Waals surface area contributed by atoms with Crippen LogP contribution in [0.5, 0.6) is 0 Å². The molecular weight excluding hydrogens is 472 g/mol. The predicted octanol–water partition coefficient (Wildman–Crippen LogP) is 3.65. The van der Waals surface area contributed by atoms with Crippen molar-refractivity contribution in [3.05, 3.63) is 70.3 Å². The number of piperazine rings is 1. The summed E-state index contributed by atoms with van der Waals surface area (Å²) in [7, 11) is 0. The average Bonchev–Trinajstić information content (AvgIpc) is 3.40. The summed E-state index contributed by atoms with van der Waals surface area (Å²) in [5.41, 5.74) is 4.02. The first-order chi connectivity index (χ1) is 17.7. The van der Waals surface area contributed by atoms with Gasteiger partial charge in [0.1, 0.15) is 0 Å². The predicted molar refractivity (Wildman–Crippen MR) is 139 cm³/mol. The van der Waals surface area contributed by atoms with Gasteiger partial charge in [0.15, 0.2) is 5.76 Å². The maximum Gasteiger partial charge on any atom is 0.338 e. The number of carbonyl (C=O) groups is 3. The van der Waals surface area contributed by atoms with Crippen molar-refractivity contribution in [3.8, 4) is 0 Å². The van der Waals surface area contributed by atoms with Crippen LogP contribution in [0.1, 0.15) is 54.1 Å². The van der Waals surface area contributed by atoms with E-state index in [0.29, 0.717) is 49.8 Å². The van der Waals surface area contributed by atoms with Crippen LogP contribution in [0.3, 0.4) is 0 Å². The van der Waals surface area contributed by atoms with Crippen molar-refractivity contribution >= 4 is 17.9 Å². The van der Waals surface area contributed by atoms with Crippen molar-refractivity contribution < 1.29 is 23.5 Å². The molecule has 4 rings (SSSR count). The number of amides is 3. The minimum Gasteiger partial charge on any atom is -0.463 e. The summed E-state index contributed by atoms with van der Waals surface area (Å²) < 4.78 is 10.8. The van der Waals surface area contributed by atoms with Gasteiger partial charge in [-0.2, -0.15) is 0 Å². The van der Waals surface area contributed by atoms with E-state index in [4.69, 9.17) is 9.15 Å². The third-order valence-electron chi connectivity index (χ3n) is 7.07. The van der Waals surface area contributed by atoms with E-state index in [-0.39, 0.29) is 24.6 Å². The Morgan fingerprint density at radius 1 is 1.16 bits per heavy atom. The summed E-state index contributed by atoms with van der Waals surface area (Å²) in [6.07, 6.45) is 1.50. The molecule has 3 heterocycles. The van der Waals surface area contributed by atoms with Crippen molar-refractivity contribution in [1.29, 1.82) is 0 Å². The van der Waals surface area contributed by atoms with Crippen molar-refractivity contribution in [3.63, 3.8) is 0 Å². The first-order valence-electron chi connectivity index (χ1n) is 12.9. The van der Waals surface area contributed by atoms with Gasteiger partial charge in [-0.25, -0.2) is 9.59 Å². The number of rotatable bonds is 7. The van der Waals surface area contributed by atoms with Crippen LogP contribution < -0.4 is 5.32 Å². The van der Waals surface area contributed by atoms with Crippen LogP contribution in [0.4, 0.5) is 4.79 Å². The van der Waals surface area contributed by atoms with E-state index in [1.54, 1.807) is 28.9 Å². The lowest BCUT2D eigenvalue weighted by molar-refractivity contribution is -0.139. The van der Waals surface area contributed by atoms with E-state index in [2.05, 4.69) is 10.2 Å². The highest BCUT2D eigenvalue weighted by Gasteiger charge is 2.40. The van der Waals surface area contributed by atoms with Gasteiger partial charge in [0.25, 0.3) is 5.91 Å². The fourth-order valence-corrected chi connectivity index (χ4v) is 5.19. The Labute approximate surface area is 218 Å². The zero-order valence-electron chi connectivity index (χ0n) is 22.2. The van der Waals surface area contributed by atoms with Gasteiger partial charge in [-0.3, -0.25) is 14.6 Å². The molecule has 9 nitrogen and oxygen atoms in total. The molecular formula is C28H36N4O5. The van der Waals surface area contributed by atoms with E-state index in [9.17, 15) is 14.4 Å². The van der Waals surface area contributed by atoms with Crippen LogP contribution in [0.25, 0.3) is 0 Å². The molecule has 198 valence electrons. The van der Waals surface area contributed by atoms with Crippen LogP contribution in [0, 0.1) is 13.8 Å². The second kappa shape index (κ2) is 11.2. The molecule has 0 saturated carbocycles. The lowest BCUT2D eigenvalue weighted by Crippen LogP contribution is -2.56. The highest BCUT2D eigenvalue weighted by atomic mass is 16.5. The van der Waals surface area contributed by atoms with E-state index in [1.807, 2.05) is 45.9 Å². The zero-order valence-corrected chi connectivity index (χ0v) is 22.2. The van der Waals surface area contributed by atoms with Gasteiger partial charge in [0.05, 0.1) is 24.5 Å². The Bertz CT molecular complexity index is 1190. The van der Waals surface area contributed by atoms with Crippen molar-refractivity contribution in [1.82, 2.24) is 20.0 Å². The number of hydrogen-bond donors (Lipinski definition) is 1. The van der Waals surface area contributed by atoms with E-state index in [1.165, 1.54) is 6.26 Å². The summed E-state index contributed by atoms with van der Waals surface area (Å²) in [6, 6.07) is 8.49. The van der Waals surface area contributed by atoms with Gasteiger partial charge in [0.2, 0.25) is 0 Å². The highest BCUT2D eigenvalue weighted by molar-refractivity contribution is 5.95. The first-order valence-corrected chi connectivity index (χ1v) is 12.9. The largest absolute Gasteiger partial charge is 0.463 e. The van der Waals surface area contributed by atoms with Crippen LogP contribution in [0.2, 0.25) is 0 Å². The van der Waals surface area contributed by atoms with Crippen LogP contribution in [-0.4, -0.2) is 78.0 Å². The number of furan rings is 1. The zero-order chi connectivity index (χ0) is 26.7.